The Balaban J connectivity index is 1.71. The second kappa shape index (κ2) is 6.72. The fourth-order valence-corrected chi connectivity index (χ4v) is 3.45. The summed E-state index contributed by atoms with van der Waals surface area (Å²) in [6.07, 6.45) is 1.80. The molecular weight excluding hydrogens is 314 g/mol. The van der Waals surface area contributed by atoms with Crippen LogP contribution in [0.2, 0.25) is 0 Å². The Morgan fingerprint density at radius 1 is 0.875 bits per heavy atom. The molecule has 116 valence electrons. The third-order valence-corrected chi connectivity index (χ3v) is 4.69. The molecule has 0 N–H and O–H groups in total. The van der Waals surface area contributed by atoms with Gasteiger partial charge in [-0.25, -0.2) is 4.98 Å². The standard InChI is InChI=1S/C20H15N3S/c1-2-8-15(9-3-1)20(17-11-6-7-13-21-17)22-14-19-23-16-10-4-5-12-18(16)24-19/h1-13H,14H2. The molecule has 0 aliphatic carbocycles. The van der Waals surface area contributed by atoms with Gasteiger partial charge in [-0.15, -0.1) is 11.3 Å². The van der Waals surface area contributed by atoms with Gasteiger partial charge in [0.25, 0.3) is 0 Å². The van der Waals surface area contributed by atoms with Crippen molar-refractivity contribution < 1.29 is 0 Å². The number of rotatable bonds is 4. The van der Waals surface area contributed by atoms with Crippen LogP contribution in [-0.4, -0.2) is 15.7 Å². The highest BCUT2D eigenvalue weighted by molar-refractivity contribution is 7.18. The zero-order chi connectivity index (χ0) is 16.2. The van der Waals surface area contributed by atoms with Crippen LogP contribution in [0.5, 0.6) is 0 Å². The third-order valence-electron chi connectivity index (χ3n) is 3.67. The lowest BCUT2D eigenvalue weighted by atomic mass is 10.1. The highest BCUT2D eigenvalue weighted by Gasteiger charge is 2.09. The molecule has 0 saturated carbocycles. The summed E-state index contributed by atoms with van der Waals surface area (Å²) in [5.41, 5.74) is 3.88. The molecule has 4 heteroatoms. The van der Waals surface area contributed by atoms with E-state index in [1.165, 1.54) is 4.70 Å². The molecule has 0 amide bonds. The van der Waals surface area contributed by atoms with Crippen LogP contribution in [-0.2, 0) is 6.54 Å². The Labute approximate surface area is 144 Å². The summed E-state index contributed by atoms with van der Waals surface area (Å²) in [6.45, 7) is 0.556. The van der Waals surface area contributed by atoms with Crippen LogP contribution in [0.1, 0.15) is 16.3 Å². The van der Waals surface area contributed by atoms with E-state index in [1.807, 2.05) is 54.6 Å². The first-order valence-corrected chi connectivity index (χ1v) is 8.57. The van der Waals surface area contributed by atoms with Gasteiger partial charge in [-0.3, -0.25) is 9.98 Å². The number of hydrogen-bond acceptors (Lipinski definition) is 4. The van der Waals surface area contributed by atoms with Gasteiger partial charge in [-0.05, 0) is 24.3 Å². The molecule has 0 atom stereocenters. The quantitative estimate of drug-likeness (QED) is 0.508. The minimum atomic E-state index is 0.556. The van der Waals surface area contributed by atoms with Gasteiger partial charge in [0.05, 0.1) is 28.2 Å². The van der Waals surface area contributed by atoms with E-state index in [9.17, 15) is 0 Å². The summed E-state index contributed by atoms with van der Waals surface area (Å²) >= 11 is 1.69. The Bertz CT molecular complexity index is 901. The van der Waals surface area contributed by atoms with E-state index in [-0.39, 0.29) is 0 Å². The first-order valence-electron chi connectivity index (χ1n) is 7.76. The van der Waals surface area contributed by atoms with Crippen LogP contribution in [0.15, 0.2) is 84.0 Å². The summed E-state index contributed by atoms with van der Waals surface area (Å²) in [5.74, 6) is 0. The van der Waals surface area contributed by atoms with Gasteiger partial charge >= 0.3 is 0 Å². The topological polar surface area (TPSA) is 38.1 Å². The molecule has 0 aliphatic heterocycles. The van der Waals surface area contributed by atoms with E-state index in [1.54, 1.807) is 17.5 Å². The van der Waals surface area contributed by atoms with E-state index in [0.29, 0.717) is 6.54 Å². The molecular formula is C20H15N3S. The van der Waals surface area contributed by atoms with E-state index < -0.39 is 0 Å². The summed E-state index contributed by atoms with van der Waals surface area (Å²) in [4.78, 5) is 14.0. The Morgan fingerprint density at radius 2 is 1.67 bits per heavy atom. The van der Waals surface area contributed by atoms with Crippen molar-refractivity contribution in [3.05, 3.63) is 95.3 Å². The molecule has 0 radical (unpaired) electrons. The van der Waals surface area contributed by atoms with E-state index in [4.69, 9.17) is 4.99 Å². The molecule has 0 fully saturated rings. The third kappa shape index (κ3) is 3.09. The van der Waals surface area contributed by atoms with Gasteiger partial charge in [-0.1, -0.05) is 48.5 Å². The average Bonchev–Trinajstić information content (AvgIpc) is 3.07. The first kappa shape index (κ1) is 14.7. The number of para-hydroxylation sites is 1. The second-order valence-corrected chi connectivity index (χ2v) is 6.44. The van der Waals surface area contributed by atoms with Gasteiger partial charge in [0.2, 0.25) is 0 Å². The Kier molecular flexibility index (Phi) is 4.13. The van der Waals surface area contributed by atoms with Gasteiger partial charge in [0, 0.05) is 11.8 Å². The molecule has 2 aromatic carbocycles. The molecule has 3 nitrogen and oxygen atoms in total. The summed E-state index contributed by atoms with van der Waals surface area (Å²) < 4.78 is 1.20. The Hall–Kier alpha value is -2.85. The van der Waals surface area contributed by atoms with Crippen molar-refractivity contribution in [2.75, 3.05) is 0 Å². The number of aliphatic imine (C=N–C) groups is 1. The maximum atomic E-state index is 4.83. The monoisotopic (exact) mass is 329 g/mol. The number of aromatic nitrogens is 2. The molecule has 0 spiro atoms. The van der Waals surface area contributed by atoms with Crippen LogP contribution >= 0.6 is 11.3 Å². The number of fused-ring (bicyclic) bond motifs is 1. The summed E-state index contributed by atoms with van der Waals surface area (Å²) in [7, 11) is 0. The van der Waals surface area contributed by atoms with E-state index >= 15 is 0 Å². The van der Waals surface area contributed by atoms with Crippen LogP contribution < -0.4 is 0 Å². The van der Waals surface area contributed by atoms with Crippen molar-refractivity contribution in [1.82, 2.24) is 9.97 Å². The van der Waals surface area contributed by atoms with Crippen molar-refractivity contribution in [3.8, 4) is 0 Å². The van der Waals surface area contributed by atoms with Crippen LogP contribution in [0.3, 0.4) is 0 Å². The first-order chi connectivity index (χ1) is 11.9. The molecule has 2 aromatic heterocycles. The number of pyridine rings is 1. The molecule has 0 bridgehead atoms. The van der Waals surface area contributed by atoms with E-state index in [0.717, 1.165) is 27.5 Å². The lowest BCUT2D eigenvalue weighted by molar-refractivity contribution is 1.04. The van der Waals surface area contributed by atoms with Crippen LogP contribution in [0.25, 0.3) is 10.2 Å². The Morgan fingerprint density at radius 3 is 2.46 bits per heavy atom. The maximum absolute atomic E-state index is 4.83. The largest absolute Gasteiger partial charge is 0.275 e. The minimum Gasteiger partial charge on any atom is -0.275 e. The van der Waals surface area contributed by atoms with Crippen molar-refractivity contribution in [2.45, 2.75) is 6.54 Å². The van der Waals surface area contributed by atoms with Gasteiger partial charge in [0.1, 0.15) is 5.01 Å². The number of thiazole rings is 1. The molecule has 0 unspecified atom stereocenters. The highest BCUT2D eigenvalue weighted by Crippen LogP contribution is 2.22. The van der Waals surface area contributed by atoms with Crippen LogP contribution in [0, 0.1) is 0 Å². The van der Waals surface area contributed by atoms with Crippen molar-refractivity contribution >= 4 is 27.3 Å². The fraction of sp³-hybridized carbons (Fsp3) is 0.0500. The van der Waals surface area contributed by atoms with Crippen molar-refractivity contribution in [2.24, 2.45) is 4.99 Å². The smallest absolute Gasteiger partial charge is 0.115 e. The second-order valence-electron chi connectivity index (χ2n) is 5.32. The molecule has 2 heterocycles. The van der Waals surface area contributed by atoms with Crippen molar-refractivity contribution in [3.63, 3.8) is 0 Å². The molecule has 24 heavy (non-hydrogen) atoms. The lowest BCUT2D eigenvalue weighted by Crippen LogP contribution is -2.06. The lowest BCUT2D eigenvalue weighted by Gasteiger charge is -2.06. The fourth-order valence-electron chi connectivity index (χ4n) is 2.55. The SMILES string of the molecule is c1ccc(C(=NCc2nc3ccccc3s2)c2ccccn2)cc1. The minimum absolute atomic E-state index is 0.556. The van der Waals surface area contributed by atoms with E-state index in [2.05, 4.69) is 28.2 Å². The average molecular weight is 329 g/mol. The molecule has 4 rings (SSSR count). The predicted octanol–water partition coefficient (Wildman–Crippen LogP) is 4.73. The number of nitrogens with zero attached hydrogens (tertiary/aromatic N) is 3. The number of benzene rings is 2. The molecule has 0 saturated heterocycles. The normalized spacial score (nSPS) is 11.8. The molecule has 0 aliphatic rings. The van der Waals surface area contributed by atoms with Crippen molar-refractivity contribution in [1.29, 1.82) is 0 Å². The highest BCUT2D eigenvalue weighted by atomic mass is 32.1. The predicted molar refractivity (Wildman–Crippen MR) is 99.6 cm³/mol. The van der Waals surface area contributed by atoms with Gasteiger partial charge in [0.15, 0.2) is 0 Å². The maximum Gasteiger partial charge on any atom is 0.115 e. The summed E-state index contributed by atoms with van der Waals surface area (Å²) in [5, 5.41) is 1.01. The van der Waals surface area contributed by atoms with Crippen LogP contribution in [0.4, 0.5) is 0 Å². The van der Waals surface area contributed by atoms with Gasteiger partial charge < -0.3 is 0 Å². The zero-order valence-corrected chi connectivity index (χ0v) is 13.8. The number of hydrogen-bond donors (Lipinski definition) is 0. The zero-order valence-electron chi connectivity index (χ0n) is 13.0. The van der Waals surface area contributed by atoms with Gasteiger partial charge in [-0.2, -0.15) is 0 Å². The summed E-state index contributed by atoms with van der Waals surface area (Å²) in [6, 6.07) is 24.2. The molecule has 4 aromatic rings.